The molecule has 4 unspecified atom stereocenters. The first-order chi connectivity index (χ1) is 7.68. The molecule has 2 bridgehead atoms. The predicted molar refractivity (Wildman–Crippen MR) is 69.1 cm³/mol. The van der Waals surface area contributed by atoms with Gasteiger partial charge in [-0.2, -0.15) is 0 Å². The van der Waals surface area contributed by atoms with E-state index in [4.69, 9.17) is 0 Å². The smallest absolute Gasteiger partial charge is 0.220 e. The molecular formula is C14H20OSi. The second-order valence-corrected chi connectivity index (χ2v) is 9.41. The van der Waals surface area contributed by atoms with Crippen molar-refractivity contribution in [3.63, 3.8) is 0 Å². The minimum absolute atomic E-state index is 0.619. The van der Waals surface area contributed by atoms with Gasteiger partial charge in [0, 0.05) is 0 Å². The maximum atomic E-state index is 10.9. The lowest BCUT2D eigenvalue weighted by Gasteiger charge is -2.33. The molecular weight excluding hydrogens is 212 g/mol. The molecule has 86 valence electrons. The number of hydrogen-bond acceptors (Lipinski definition) is 1. The van der Waals surface area contributed by atoms with Crippen LogP contribution in [0.2, 0.25) is 12.1 Å². The van der Waals surface area contributed by atoms with Crippen LogP contribution >= 0.6 is 0 Å². The first kappa shape index (κ1) is 10.5. The average Bonchev–Trinajstić information content (AvgIpc) is 2.92. The zero-order chi connectivity index (χ0) is 11.2. The molecule has 3 rings (SSSR count). The summed E-state index contributed by atoms with van der Waals surface area (Å²) in [6, 6.07) is 10.4. The van der Waals surface area contributed by atoms with Crippen LogP contribution in [-0.4, -0.2) is 13.1 Å². The molecule has 2 aliphatic rings. The molecule has 0 amide bonds. The van der Waals surface area contributed by atoms with E-state index >= 15 is 0 Å². The minimum atomic E-state index is -2.20. The molecule has 16 heavy (non-hydrogen) atoms. The van der Waals surface area contributed by atoms with E-state index in [1.165, 1.54) is 30.9 Å². The van der Waals surface area contributed by atoms with Crippen LogP contribution in [-0.2, 0) is 0 Å². The summed E-state index contributed by atoms with van der Waals surface area (Å²) >= 11 is 0. The molecule has 0 aromatic heterocycles. The van der Waals surface area contributed by atoms with Crippen molar-refractivity contribution in [1.29, 1.82) is 0 Å². The summed E-state index contributed by atoms with van der Waals surface area (Å²) in [5, 5.41) is 1.23. The second-order valence-electron chi connectivity index (χ2n) is 5.79. The first-order valence-corrected chi connectivity index (χ1v) is 8.98. The number of fused-ring (bicyclic) bond motifs is 2. The van der Waals surface area contributed by atoms with Gasteiger partial charge in [-0.25, -0.2) is 0 Å². The van der Waals surface area contributed by atoms with E-state index in [9.17, 15) is 4.80 Å². The Labute approximate surface area is 98.6 Å². The van der Waals surface area contributed by atoms with Crippen molar-refractivity contribution in [1.82, 2.24) is 0 Å². The molecule has 2 saturated carbocycles. The summed E-state index contributed by atoms with van der Waals surface area (Å²) in [5.41, 5.74) is 0.619. The lowest BCUT2D eigenvalue weighted by molar-refractivity contribution is 0.423. The number of hydrogen-bond donors (Lipinski definition) is 1. The van der Waals surface area contributed by atoms with E-state index in [0.29, 0.717) is 5.54 Å². The highest BCUT2D eigenvalue weighted by Crippen LogP contribution is 2.54. The molecule has 1 aromatic rings. The van der Waals surface area contributed by atoms with Crippen LogP contribution in [0.25, 0.3) is 0 Å². The summed E-state index contributed by atoms with van der Waals surface area (Å²) in [7, 11) is -2.20. The fourth-order valence-corrected chi connectivity index (χ4v) is 7.23. The second kappa shape index (κ2) is 3.71. The quantitative estimate of drug-likeness (QED) is 0.777. The van der Waals surface area contributed by atoms with E-state index in [1.807, 2.05) is 6.07 Å². The Kier molecular flexibility index (Phi) is 2.44. The highest BCUT2D eigenvalue weighted by Gasteiger charge is 2.50. The lowest BCUT2D eigenvalue weighted by Crippen LogP contribution is -2.50. The fraction of sp³-hybridized carbons (Fsp3) is 0.571. The Morgan fingerprint density at radius 2 is 1.88 bits per heavy atom. The standard InChI is InChI=1S/C14H20OSi/c1-16(15,13-5-3-2-4-6-13)14-10-11-7-8-12(14)9-11/h2-6,11-12,14-15H,7-10H2,1H3. The van der Waals surface area contributed by atoms with Gasteiger partial charge in [0.2, 0.25) is 8.32 Å². The van der Waals surface area contributed by atoms with E-state index in [1.54, 1.807) is 0 Å². The zero-order valence-electron chi connectivity index (χ0n) is 9.89. The summed E-state index contributed by atoms with van der Waals surface area (Å²) < 4.78 is 0. The van der Waals surface area contributed by atoms with Crippen molar-refractivity contribution < 1.29 is 4.80 Å². The summed E-state index contributed by atoms with van der Waals surface area (Å²) in [5.74, 6) is 1.75. The van der Waals surface area contributed by atoms with Gasteiger partial charge in [0.1, 0.15) is 0 Å². The Hall–Kier alpha value is -0.603. The highest BCUT2D eigenvalue weighted by molar-refractivity contribution is 6.85. The van der Waals surface area contributed by atoms with Crippen LogP contribution in [0.15, 0.2) is 30.3 Å². The van der Waals surface area contributed by atoms with Crippen LogP contribution in [0.3, 0.4) is 0 Å². The minimum Gasteiger partial charge on any atom is -0.427 e. The normalized spacial score (nSPS) is 36.2. The third kappa shape index (κ3) is 1.55. The van der Waals surface area contributed by atoms with Crippen molar-refractivity contribution in [2.45, 2.75) is 37.8 Å². The van der Waals surface area contributed by atoms with Gasteiger partial charge >= 0.3 is 0 Å². The Balaban J connectivity index is 1.88. The third-order valence-electron chi connectivity index (χ3n) is 4.82. The topological polar surface area (TPSA) is 20.2 Å². The van der Waals surface area contributed by atoms with Crippen molar-refractivity contribution in [3.8, 4) is 0 Å². The summed E-state index contributed by atoms with van der Waals surface area (Å²) in [6.07, 6.45) is 5.46. The predicted octanol–water partition coefficient (Wildman–Crippen LogP) is 2.65. The number of rotatable bonds is 2. The maximum Gasteiger partial charge on any atom is 0.220 e. The van der Waals surface area contributed by atoms with Crippen LogP contribution in [0.1, 0.15) is 25.7 Å². The Morgan fingerprint density at radius 1 is 1.12 bits per heavy atom. The molecule has 0 saturated heterocycles. The van der Waals surface area contributed by atoms with E-state index in [0.717, 1.165) is 11.8 Å². The SMILES string of the molecule is C[Si](O)(c1ccccc1)C1CC2CCC1C2. The molecule has 2 aliphatic carbocycles. The van der Waals surface area contributed by atoms with Gasteiger partial charge in [-0.1, -0.05) is 43.2 Å². The molecule has 0 spiro atoms. The van der Waals surface area contributed by atoms with Gasteiger partial charge in [-0.3, -0.25) is 0 Å². The van der Waals surface area contributed by atoms with Gasteiger partial charge in [0.15, 0.2) is 0 Å². The van der Waals surface area contributed by atoms with E-state index < -0.39 is 8.32 Å². The molecule has 1 nitrogen and oxygen atoms in total. The van der Waals surface area contributed by atoms with Crippen molar-refractivity contribution in [2.75, 3.05) is 0 Å². The van der Waals surface area contributed by atoms with Crippen LogP contribution in [0.5, 0.6) is 0 Å². The molecule has 2 fully saturated rings. The molecule has 0 heterocycles. The average molecular weight is 232 g/mol. The van der Waals surface area contributed by atoms with Crippen LogP contribution < -0.4 is 5.19 Å². The first-order valence-electron chi connectivity index (χ1n) is 6.46. The molecule has 4 atom stereocenters. The maximum absolute atomic E-state index is 10.9. The van der Waals surface area contributed by atoms with Crippen LogP contribution in [0, 0.1) is 11.8 Å². The largest absolute Gasteiger partial charge is 0.427 e. The van der Waals surface area contributed by atoms with Crippen molar-refractivity contribution in [2.24, 2.45) is 11.8 Å². The summed E-state index contributed by atoms with van der Waals surface area (Å²) in [4.78, 5) is 10.9. The Morgan fingerprint density at radius 3 is 2.44 bits per heavy atom. The van der Waals surface area contributed by atoms with Crippen molar-refractivity contribution >= 4 is 13.5 Å². The zero-order valence-corrected chi connectivity index (χ0v) is 10.9. The molecule has 0 radical (unpaired) electrons. The molecule has 1 aromatic carbocycles. The van der Waals surface area contributed by atoms with Gasteiger partial charge in [-0.15, -0.1) is 0 Å². The number of benzene rings is 1. The van der Waals surface area contributed by atoms with Gasteiger partial charge in [-0.05, 0) is 42.0 Å². The molecule has 0 aliphatic heterocycles. The Bertz CT molecular complexity index is 374. The lowest BCUT2D eigenvalue weighted by atomic mass is 10.0. The fourth-order valence-electron chi connectivity index (χ4n) is 3.92. The van der Waals surface area contributed by atoms with Crippen molar-refractivity contribution in [3.05, 3.63) is 30.3 Å². The van der Waals surface area contributed by atoms with E-state index in [-0.39, 0.29) is 0 Å². The summed E-state index contributed by atoms with van der Waals surface area (Å²) in [6.45, 7) is 2.15. The molecule has 1 N–H and O–H groups in total. The van der Waals surface area contributed by atoms with Gasteiger partial charge in [0.05, 0.1) is 0 Å². The monoisotopic (exact) mass is 232 g/mol. The van der Waals surface area contributed by atoms with Gasteiger partial charge in [0.25, 0.3) is 0 Å². The van der Waals surface area contributed by atoms with Crippen LogP contribution in [0.4, 0.5) is 0 Å². The van der Waals surface area contributed by atoms with Gasteiger partial charge < -0.3 is 4.80 Å². The van der Waals surface area contributed by atoms with E-state index in [2.05, 4.69) is 30.8 Å². The third-order valence-corrected chi connectivity index (χ3v) is 8.47. The highest BCUT2D eigenvalue weighted by atomic mass is 28.4. The molecule has 2 heteroatoms.